The van der Waals surface area contributed by atoms with Crippen molar-refractivity contribution >= 4 is 27.3 Å². The highest BCUT2D eigenvalue weighted by Crippen LogP contribution is 2.30. The number of anilines is 2. The van der Waals surface area contributed by atoms with Crippen molar-refractivity contribution in [1.82, 2.24) is 5.16 Å². The minimum atomic E-state index is -3.81. The van der Waals surface area contributed by atoms with Crippen molar-refractivity contribution in [2.75, 3.05) is 16.2 Å². The second-order valence-electron chi connectivity index (χ2n) is 5.91. The Balaban J connectivity index is 1.95. The fourth-order valence-corrected chi connectivity index (χ4v) is 4.31. The molecule has 1 fully saturated rings. The van der Waals surface area contributed by atoms with Gasteiger partial charge in [-0.1, -0.05) is 11.2 Å². The molecule has 1 amide bonds. The molecule has 1 aliphatic heterocycles. The van der Waals surface area contributed by atoms with Crippen LogP contribution in [0.1, 0.15) is 29.9 Å². The van der Waals surface area contributed by atoms with Gasteiger partial charge in [-0.3, -0.25) is 9.52 Å². The van der Waals surface area contributed by atoms with Crippen molar-refractivity contribution in [3.63, 3.8) is 0 Å². The molecular weight excluding hydrogens is 330 g/mol. The smallest absolute Gasteiger partial charge is 0.267 e. The Morgan fingerprint density at radius 1 is 1.25 bits per heavy atom. The number of aromatic nitrogens is 1. The van der Waals surface area contributed by atoms with Crippen molar-refractivity contribution in [2.24, 2.45) is 0 Å². The van der Waals surface area contributed by atoms with Gasteiger partial charge in [-0.25, -0.2) is 8.42 Å². The molecule has 3 rings (SSSR count). The molecule has 0 spiro atoms. The molecule has 0 bridgehead atoms. The molecule has 0 saturated carbocycles. The Labute approximate surface area is 140 Å². The van der Waals surface area contributed by atoms with Crippen molar-refractivity contribution in [2.45, 2.75) is 38.5 Å². The average Bonchev–Trinajstić information content (AvgIpc) is 3.07. The second-order valence-corrected chi connectivity index (χ2v) is 7.53. The third-order valence-electron chi connectivity index (χ3n) is 4.06. The Morgan fingerprint density at radius 2 is 2.00 bits per heavy atom. The first-order valence-electron chi connectivity index (χ1n) is 7.66. The highest BCUT2D eigenvalue weighted by molar-refractivity contribution is 7.92. The summed E-state index contributed by atoms with van der Waals surface area (Å²) in [6.45, 7) is 5.68. The molecule has 0 aliphatic carbocycles. The summed E-state index contributed by atoms with van der Waals surface area (Å²) in [6.07, 6.45) is 1.34. The van der Waals surface area contributed by atoms with Crippen LogP contribution in [-0.2, 0) is 14.8 Å². The van der Waals surface area contributed by atoms with Crippen LogP contribution >= 0.6 is 0 Å². The van der Waals surface area contributed by atoms with Gasteiger partial charge in [0, 0.05) is 18.7 Å². The molecule has 1 N–H and O–H groups in total. The van der Waals surface area contributed by atoms with Crippen LogP contribution in [0.25, 0.3) is 0 Å². The number of nitrogens with zero attached hydrogens (tertiary/aromatic N) is 2. The van der Waals surface area contributed by atoms with Gasteiger partial charge in [0.15, 0.2) is 10.7 Å². The Hall–Kier alpha value is -2.35. The zero-order valence-corrected chi connectivity index (χ0v) is 14.6. The van der Waals surface area contributed by atoms with E-state index in [4.69, 9.17) is 4.52 Å². The van der Waals surface area contributed by atoms with Gasteiger partial charge in [0.05, 0.1) is 5.69 Å². The number of nitrogens with one attached hydrogen (secondary N) is 1. The first-order valence-corrected chi connectivity index (χ1v) is 9.14. The van der Waals surface area contributed by atoms with E-state index in [-0.39, 0.29) is 16.6 Å². The van der Waals surface area contributed by atoms with Crippen molar-refractivity contribution < 1.29 is 17.7 Å². The lowest BCUT2D eigenvalue weighted by atomic mass is 10.1. The van der Waals surface area contributed by atoms with E-state index in [0.717, 1.165) is 17.7 Å². The summed E-state index contributed by atoms with van der Waals surface area (Å²) in [6, 6.07) is 5.16. The number of sulfonamides is 1. The van der Waals surface area contributed by atoms with Gasteiger partial charge < -0.3 is 9.42 Å². The minimum Gasteiger partial charge on any atom is -0.360 e. The molecule has 8 heteroatoms. The lowest BCUT2D eigenvalue weighted by Gasteiger charge is -2.19. The maximum absolute atomic E-state index is 12.6. The number of hydrogen-bond acceptors (Lipinski definition) is 5. The second kappa shape index (κ2) is 5.94. The zero-order chi connectivity index (χ0) is 17.5. The Morgan fingerprint density at radius 3 is 2.58 bits per heavy atom. The van der Waals surface area contributed by atoms with E-state index in [1.165, 1.54) is 0 Å². The SMILES string of the molecule is Cc1ccc(NS(=O)(=O)c2c(C)noc2C)cc1N1CCCC1=O. The Bertz CT molecular complexity index is 883. The quantitative estimate of drug-likeness (QED) is 0.915. The standard InChI is InChI=1S/C16H19N3O4S/c1-10-6-7-13(9-14(10)19-8-4-5-15(19)20)18-24(21,22)16-11(2)17-23-12(16)3/h6-7,9,18H,4-5,8H2,1-3H3. The maximum atomic E-state index is 12.6. The summed E-state index contributed by atoms with van der Waals surface area (Å²) < 4.78 is 32.7. The van der Waals surface area contributed by atoms with Gasteiger partial charge in [0.25, 0.3) is 10.0 Å². The first kappa shape index (κ1) is 16.5. The summed E-state index contributed by atoms with van der Waals surface area (Å²) in [5.74, 6) is 0.297. The van der Waals surface area contributed by atoms with E-state index in [1.54, 1.807) is 36.9 Å². The summed E-state index contributed by atoms with van der Waals surface area (Å²) in [5, 5.41) is 3.68. The van der Waals surface area contributed by atoms with Gasteiger partial charge in [0.1, 0.15) is 5.69 Å². The van der Waals surface area contributed by atoms with Crippen LogP contribution in [0, 0.1) is 20.8 Å². The molecule has 0 atom stereocenters. The minimum absolute atomic E-state index is 0.0434. The highest BCUT2D eigenvalue weighted by atomic mass is 32.2. The number of amides is 1. The van der Waals surface area contributed by atoms with E-state index >= 15 is 0 Å². The molecular formula is C16H19N3O4S. The molecule has 1 saturated heterocycles. The van der Waals surface area contributed by atoms with Gasteiger partial charge in [-0.2, -0.15) is 0 Å². The summed E-state index contributed by atoms with van der Waals surface area (Å²) in [4.78, 5) is 13.7. The van der Waals surface area contributed by atoms with Crippen LogP contribution < -0.4 is 9.62 Å². The van der Waals surface area contributed by atoms with Crippen LogP contribution in [0.2, 0.25) is 0 Å². The summed E-state index contributed by atoms with van der Waals surface area (Å²) in [5.41, 5.74) is 2.36. The zero-order valence-electron chi connectivity index (χ0n) is 13.8. The molecule has 1 aromatic carbocycles. The van der Waals surface area contributed by atoms with E-state index in [1.807, 2.05) is 6.92 Å². The maximum Gasteiger partial charge on any atom is 0.267 e. The highest BCUT2D eigenvalue weighted by Gasteiger charge is 2.26. The summed E-state index contributed by atoms with van der Waals surface area (Å²) in [7, 11) is -3.81. The van der Waals surface area contributed by atoms with Crippen molar-refractivity contribution in [3.05, 3.63) is 35.2 Å². The predicted octanol–water partition coefficient (Wildman–Crippen LogP) is 2.53. The fourth-order valence-electron chi connectivity index (χ4n) is 2.93. The molecule has 24 heavy (non-hydrogen) atoms. The van der Waals surface area contributed by atoms with Crippen molar-refractivity contribution in [1.29, 1.82) is 0 Å². The van der Waals surface area contributed by atoms with E-state index in [9.17, 15) is 13.2 Å². The number of benzene rings is 1. The van der Waals surface area contributed by atoms with Gasteiger partial charge in [-0.15, -0.1) is 0 Å². The van der Waals surface area contributed by atoms with Gasteiger partial charge in [0.2, 0.25) is 5.91 Å². The number of rotatable bonds is 4. The van der Waals surface area contributed by atoms with E-state index in [0.29, 0.717) is 24.3 Å². The monoisotopic (exact) mass is 349 g/mol. The molecule has 2 heterocycles. The molecule has 0 unspecified atom stereocenters. The fraction of sp³-hybridized carbons (Fsp3) is 0.375. The molecule has 1 aliphatic rings. The predicted molar refractivity (Wildman–Crippen MR) is 89.6 cm³/mol. The van der Waals surface area contributed by atoms with Crippen molar-refractivity contribution in [3.8, 4) is 0 Å². The van der Waals surface area contributed by atoms with E-state index in [2.05, 4.69) is 9.88 Å². The molecule has 7 nitrogen and oxygen atoms in total. The molecule has 1 aromatic heterocycles. The van der Waals surface area contributed by atoms with Crippen LogP contribution in [-0.4, -0.2) is 26.0 Å². The third kappa shape index (κ3) is 2.89. The number of hydrogen-bond donors (Lipinski definition) is 1. The molecule has 0 radical (unpaired) electrons. The van der Waals surface area contributed by atoms with Gasteiger partial charge >= 0.3 is 0 Å². The lowest BCUT2D eigenvalue weighted by molar-refractivity contribution is -0.117. The first-order chi connectivity index (χ1) is 11.3. The molecule has 2 aromatic rings. The van der Waals surface area contributed by atoms with Crippen LogP contribution in [0.3, 0.4) is 0 Å². The van der Waals surface area contributed by atoms with E-state index < -0.39 is 10.0 Å². The van der Waals surface area contributed by atoms with Crippen LogP contribution in [0.15, 0.2) is 27.6 Å². The number of aryl methyl sites for hydroxylation is 3. The largest absolute Gasteiger partial charge is 0.360 e. The number of carbonyl (C=O) groups excluding carboxylic acids is 1. The normalized spacial score (nSPS) is 15.1. The average molecular weight is 349 g/mol. The lowest BCUT2D eigenvalue weighted by Crippen LogP contribution is -2.24. The number of carbonyl (C=O) groups is 1. The van der Waals surface area contributed by atoms with Gasteiger partial charge in [-0.05, 0) is 44.9 Å². The summed E-state index contributed by atoms with van der Waals surface area (Å²) >= 11 is 0. The molecule has 128 valence electrons. The topological polar surface area (TPSA) is 92.5 Å². The van der Waals surface area contributed by atoms with Crippen LogP contribution in [0.4, 0.5) is 11.4 Å². The Kier molecular flexibility index (Phi) is 4.08. The third-order valence-corrected chi connectivity index (χ3v) is 5.69. The van der Waals surface area contributed by atoms with Crippen LogP contribution in [0.5, 0.6) is 0 Å².